The molecule has 0 fully saturated rings. The van der Waals surface area contributed by atoms with Gasteiger partial charge in [-0.2, -0.15) is 0 Å². The van der Waals surface area contributed by atoms with Crippen LogP contribution in [0.1, 0.15) is 18.1 Å². The zero-order valence-corrected chi connectivity index (χ0v) is 17.6. The number of halogens is 3. The van der Waals surface area contributed by atoms with Crippen LogP contribution >= 0.6 is 34.8 Å². The van der Waals surface area contributed by atoms with E-state index in [1.165, 1.54) is 0 Å². The van der Waals surface area contributed by atoms with Crippen LogP contribution in [0.25, 0.3) is 0 Å². The van der Waals surface area contributed by atoms with E-state index < -0.39 is 0 Å². The minimum absolute atomic E-state index is 0.330. The van der Waals surface area contributed by atoms with Crippen molar-refractivity contribution >= 4 is 40.5 Å². The second kappa shape index (κ2) is 9.92. The Labute approximate surface area is 180 Å². The summed E-state index contributed by atoms with van der Waals surface area (Å²) in [5.41, 5.74) is 2.89. The molecule has 0 aliphatic heterocycles. The number of ether oxygens (including phenoxy) is 2. The molecule has 3 aromatic carbocycles. The lowest BCUT2D eigenvalue weighted by molar-refractivity contribution is 0.269. The van der Waals surface area contributed by atoms with Gasteiger partial charge >= 0.3 is 0 Å². The lowest BCUT2D eigenvalue weighted by atomic mass is 10.2. The zero-order valence-electron chi connectivity index (χ0n) is 15.3. The Bertz CT molecular complexity index is 947. The summed E-state index contributed by atoms with van der Waals surface area (Å²) in [7, 11) is 0. The van der Waals surface area contributed by atoms with Crippen LogP contribution in [0.2, 0.25) is 15.1 Å². The average Bonchev–Trinajstić information content (AvgIpc) is 2.67. The highest BCUT2D eigenvalue weighted by Gasteiger charge is 2.09. The fourth-order valence-electron chi connectivity index (χ4n) is 2.65. The number of benzene rings is 3. The molecule has 0 aromatic heterocycles. The third-order valence-electron chi connectivity index (χ3n) is 4.03. The zero-order chi connectivity index (χ0) is 19.9. The quantitative estimate of drug-likeness (QED) is 0.404. The van der Waals surface area contributed by atoms with Crippen LogP contribution in [0.15, 0.2) is 60.7 Å². The van der Waals surface area contributed by atoms with Crippen LogP contribution in [0.5, 0.6) is 11.5 Å². The summed E-state index contributed by atoms with van der Waals surface area (Å²) >= 11 is 18.2. The van der Waals surface area contributed by atoms with E-state index in [9.17, 15) is 0 Å². The Morgan fingerprint density at radius 3 is 2.39 bits per heavy atom. The molecule has 146 valence electrons. The molecule has 0 atom stereocenters. The number of rotatable bonds is 8. The van der Waals surface area contributed by atoms with Crippen LogP contribution in [0.3, 0.4) is 0 Å². The molecule has 0 aliphatic rings. The summed E-state index contributed by atoms with van der Waals surface area (Å²) in [6.07, 6.45) is 0. The first-order valence-electron chi connectivity index (χ1n) is 8.87. The minimum Gasteiger partial charge on any atom is -0.490 e. The largest absolute Gasteiger partial charge is 0.490 e. The van der Waals surface area contributed by atoms with E-state index in [0.717, 1.165) is 16.8 Å². The molecule has 3 nitrogen and oxygen atoms in total. The van der Waals surface area contributed by atoms with Gasteiger partial charge in [0.25, 0.3) is 0 Å². The van der Waals surface area contributed by atoms with Crippen molar-refractivity contribution in [2.24, 2.45) is 0 Å². The van der Waals surface area contributed by atoms with Crippen LogP contribution < -0.4 is 14.8 Å². The minimum atomic E-state index is 0.330. The van der Waals surface area contributed by atoms with E-state index in [1.807, 2.05) is 55.5 Å². The normalized spacial score (nSPS) is 10.6. The fourth-order valence-corrected chi connectivity index (χ4v) is 3.30. The fraction of sp³-hybridized carbons (Fsp3) is 0.182. The lowest BCUT2D eigenvalue weighted by Crippen LogP contribution is -2.03. The molecular weight excluding hydrogens is 417 g/mol. The molecule has 0 unspecified atom stereocenters. The number of anilines is 1. The van der Waals surface area contributed by atoms with Gasteiger partial charge in [-0.15, -0.1) is 0 Å². The van der Waals surface area contributed by atoms with Gasteiger partial charge in [-0.25, -0.2) is 0 Å². The summed E-state index contributed by atoms with van der Waals surface area (Å²) in [6, 6.07) is 18.8. The van der Waals surface area contributed by atoms with Gasteiger partial charge in [0, 0.05) is 32.9 Å². The van der Waals surface area contributed by atoms with Gasteiger partial charge in [0.2, 0.25) is 0 Å². The molecule has 0 bridgehead atoms. The van der Waals surface area contributed by atoms with Gasteiger partial charge in [0.05, 0.1) is 6.61 Å². The highest BCUT2D eigenvalue weighted by Crippen LogP contribution is 2.31. The standard InChI is InChI=1S/C22H20Cl3NO2/c1-2-27-22-10-15(13-26-19-5-3-4-17(23)11-19)6-9-21(22)28-14-16-7-8-18(24)12-20(16)25/h3-12,26H,2,13-14H2,1H3. The molecule has 1 N–H and O–H groups in total. The topological polar surface area (TPSA) is 30.5 Å². The number of hydrogen-bond acceptors (Lipinski definition) is 3. The Morgan fingerprint density at radius 1 is 0.821 bits per heavy atom. The van der Waals surface area contributed by atoms with Gasteiger partial charge in [-0.1, -0.05) is 53.0 Å². The maximum Gasteiger partial charge on any atom is 0.161 e. The molecule has 0 heterocycles. The predicted octanol–water partition coefficient (Wildman–Crippen LogP) is 7.24. The van der Waals surface area contributed by atoms with Gasteiger partial charge in [-0.3, -0.25) is 0 Å². The van der Waals surface area contributed by atoms with E-state index in [4.69, 9.17) is 44.3 Å². The summed E-state index contributed by atoms with van der Waals surface area (Å²) in [5, 5.41) is 5.22. The second-order valence-electron chi connectivity index (χ2n) is 6.10. The van der Waals surface area contributed by atoms with Crippen molar-refractivity contribution in [2.45, 2.75) is 20.1 Å². The highest BCUT2D eigenvalue weighted by atomic mass is 35.5. The molecule has 0 saturated heterocycles. The third kappa shape index (κ3) is 5.71. The third-order valence-corrected chi connectivity index (χ3v) is 4.85. The SMILES string of the molecule is CCOc1cc(CNc2cccc(Cl)c2)ccc1OCc1ccc(Cl)cc1Cl. The van der Waals surface area contributed by atoms with Crippen molar-refractivity contribution in [2.75, 3.05) is 11.9 Å². The van der Waals surface area contributed by atoms with Crippen molar-refractivity contribution in [1.82, 2.24) is 0 Å². The smallest absolute Gasteiger partial charge is 0.161 e. The molecule has 0 spiro atoms. The van der Waals surface area contributed by atoms with E-state index in [0.29, 0.717) is 46.3 Å². The van der Waals surface area contributed by atoms with Gasteiger partial charge in [0.1, 0.15) is 6.61 Å². The van der Waals surface area contributed by atoms with E-state index in [-0.39, 0.29) is 0 Å². The van der Waals surface area contributed by atoms with Crippen molar-refractivity contribution < 1.29 is 9.47 Å². The Balaban J connectivity index is 1.69. The van der Waals surface area contributed by atoms with E-state index in [2.05, 4.69) is 5.32 Å². The molecule has 0 amide bonds. The van der Waals surface area contributed by atoms with Crippen molar-refractivity contribution in [3.63, 3.8) is 0 Å². The van der Waals surface area contributed by atoms with Crippen molar-refractivity contribution in [3.05, 3.63) is 86.9 Å². The lowest BCUT2D eigenvalue weighted by Gasteiger charge is -2.15. The van der Waals surface area contributed by atoms with Crippen LogP contribution in [0, 0.1) is 0 Å². The van der Waals surface area contributed by atoms with Gasteiger partial charge in [-0.05, 0) is 55.0 Å². The van der Waals surface area contributed by atoms with Gasteiger partial charge in [0.15, 0.2) is 11.5 Å². The van der Waals surface area contributed by atoms with E-state index >= 15 is 0 Å². The average molecular weight is 437 g/mol. The molecule has 6 heteroatoms. The molecule has 0 radical (unpaired) electrons. The highest BCUT2D eigenvalue weighted by molar-refractivity contribution is 6.35. The monoisotopic (exact) mass is 435 g/mol. The Hall–Kier alpha value is -2.07. The first-order chi connectivity index (χ1) is 13.5. The molecule has 0 aliphatic carbocycles. The Morgan fingerprint density at radius 2 is 1.64 bits per heavy atom. The molecular formula is C22H20Cl3NO2. The van der Waals surface area contributed by atoms with Crippen LogP contribution in [-0.4, -0.2) is 6.61 Å². The molecule has 3 aromatic rings. The van der Waals surface area contributed by atoms with Crippen molar-refractivity contribution in [3.8, 4) is 11.5 Å². The summed E-state index contributed by atoms with van der Waals surface area (Å²) in [5.74, 6) is 1.36. The second-order valence-corrected chi connectivity index (χ2v) is 7.38. The molecule has 3 rings (SSSR count). The van der Waals surface area contributed by atoms with Crippen molar-refractivity contribution in [1.29, 1.82) is 0 Å². The number of hydrogen-bond donors (Lipinski definition) is 1. The first-order valence-corrected chi connectivity index (χ1v) is 10.0. The summed E-state index contributed by atoms with van der Waals surface area (Å²) in [6.45, 7) is 3.46. The molecule has 0 saturated carbocycles. The maximum atomic E-state index is 6.22. The maximum absolute atomic E-state index is 6.22. The van der Waals surface area contributed by atoms with E-state index in [1.54, 1.807) is 12.1 Å². The van der Waals surface area contributed by atoms with Gasteiger partial charge < -0.3 is 14.8 Å². The summed E-state index contributed by atoms with van der Waals surface area (Å²) < 4.78 is 11.7. The Kier molecular flexibility index (Phi) is 7.32. The van der Waals surface area contributed by atoms with Crippen LogP contribution in [-0.2, 0) is 13.2 Å². The summed E-state index contributed by atoms with van der Waals surface area (Å²) in [4.78, 5) is 0. The first kappa shape index (κ1) is 20.7. The number of nitrogens with one attached hydrogen (secondary N) is 1. The predicted molar refractivity (Wildman–Crippen MR) is 117 cm³/mol. The van der Waals surface area contributed by atoms with Crippen LogP contribution in [0.4, 0.5) is 5.69 Å². The molecule has 28 heavy (non-hydrogen) atoms.